The first-order chi connectivity index (χ1) is 8.81. The average molecular weight is 286 g/mol. The maximum atomic E-state index is 11.7. The van der Waals surface area contributed by atoms with Gasteiger partial charge in [0.1, 0.15) is 12.4 Å². The van der Waals surface area contributed by atoms with Crippen molar-refractivity contribution in [3.8, 4) is 5.75 Å². The number of amides is 1. The lowest BCUT2D eigenvalue weighted by Crippen LogP contribution is -2.27. The van der Waals surface area contributed by atoms with Gasteiger partial charge in [0.2, 0.25) is 5.91 Å². The predicted molar refractivity (Wildman–Crippen MR) is 77.0 cm³/mol. The van der Waals surface area contributed by atoms with E-state index in [0.29, 0.717) is 23.1 Å². The van der Waals surface area contributed by atoms with Crippen molar-refractivity contribution in [2.24, 2.45) is 0 Å². The number of hydrogen-bond donors (Lipinski definition) is 1. The summed E-state index contributed by atoms with van der Waals surface area (Å²) in [6.45, 7) is 8.13. The van der Waals surface area contributed by atoms with Gasteiger partial charge in [-0.3, -0.25) is 4.79 Å². The van der Waals surface area contributed by atoms with Gasteiger partial charge >= 0.3 is 0 Å². The van der Waals surface area contributed by atoms with Crippen LogP contribution in [0.2, 0.25) is 5.02 Å². The Morgan fingerprint density at radius 3 is 2.58 bits per heavy atom. The molecule has 0 aliphatic heterocycles. The average Bonchev–Trinajstić information content (AvgIpc) is 2.29. The van der Waals surface area contributed by atoms with Crippen molar-refractivity contribution >= 4 is 23.2 Å². The Morgan fingerprint density at radius 1 is 1.37 bits per heavy atom. The second-order valence-electron chi connectivity index (χ2n) is 5.03. The zero-order chi connectivity index (χ0) is 14.5. The number of ether oxygens (including phenoxy) is 2. The van der Waals surface area contributed by atoms with Crippen LogP contribution in [0.25, 0.3) is 0 Å². The molecule has 0 heterocycles. The van der Waals surface area contributed by atoms with Gasteiger partial charge in [-0.15, -0.1) is 0 Å². The molecule has 1 N–H and O–H groups in total. The van der Waals surface area contributed by atoms with Crippen LogP contribution in [-0.4, -0.2) is 24.7 Å². The van der Waals surface area contributed by atoms with Crippen molar-refractivity contribution in [2.75, 3.05) is 18.5 Å². The van der Waals surface area contributed by atoms with Crippen LogP contribution in [0.4, 0.5) is 5.69 Å². The van der Waals surface area contributed by atoms with Crippen molar-refractivity contribution in [1.82, 2.24) is 0 Å². The summed E-state index contributed by atoms with van der Waals surface area (Å²) in [4.78, 5) is 11.7. The molecule has 4 nitrogen and oxygen atoms in total. The van der Waals surface area contributed by atoms with Gasteiger partial charge in [-0.2, -0.15) is 0 Å². The molecular formula is C14H20ClNO3. The highest BCUT2D eigenvalue weighted by Crippen LogP contribution is 2.27. The van der Waals surface area contributed by atoms with Crippen molar-refractivity contribution in [2.45, 2.75) is 33.3 Å². The Labute approximate surface area is 119 Å². The minimum Gasteiger partial charge on any atom is -0.492 e. The summed E-state index contributed by atoms with van der Waals surface area (Å²) < 4.78 is 10.7. The third-order valence-corrected chi connectivity index (χ3v) is 2.45. The van der Waals surface area contributed by atoms with E-state index in [1.807, 2.05) is 27.7 Å². The first kappa shape index (κ1) is 15.8. The zero-order valence-corrected chi connectivity index (χ0v) is 12.5. The fourth-order valence-corrected chi connectivity index (χ4v) is 1.57. The van der Waals surface area contributed by atoms with E-state index < -0.39 is 0 Å². The monoisotopic (exact) mass is 285 g/mol. The Morgan fingerprint density at radius 2 is 2.05 bits per heavy atom. The van der Waals surface area contributed by atoms with Gasteiger partial charge in [0.15, 0.2) is 0 Å². The van der Waals surface area contributed by atoms with E-state index >= 15 is 0 Å². The van der Waals surface area contributed by atoms with Gasteiger partial charge in [0, 0.05) is 5.69 Å². The number of hydrogen-bond acceptors (Lipinski definition) is 3. The Kier molecular flexibility index (Phi) is 5.63. The van der Waals surface area contributed by atoms with Gasteiger partial charge < -0.3 is 14.8 Å². The Balaban J connectivity index is 2.58. The van der Waals surface area contributed by atoms with E-state index in [4.69, 9.17) is 21.1 Å². The molecule has 0 aliphatic carbocycles. The van der Waals surface area contributed by atoms with Crippen molar-refractivity contribution < 1.29 is 14.3 Å². The number of anilines is 1. The fourth-order valence-electron chi connectivity index (χ4n) is 1.33. The number of rotatable bonds is 5. The summed E-state index contributed by atoms with van der Waals surface area (Å²) in [6.07, 6.45) is 0. The first-order valence-corrected chi connectivity index (χ1v) is 6.56. The smallest absolute Gasteiger partial charge is 0.250 e. The highest BCUT2D eigenvalue weighted by Gasteiger charge is 2.13. The fraction of sp³-hybridized carbons (Fsp3) is 0.500. The zero-order valence-electron chi connectivity index (χ0n) is 11.7. The second-order valence-corrected chi connectivity index (χ2v) is 5.43. The first-order valence-electron chi connectivity index (χ1n) is 6.18. The van der Waals surface area contributed by atoms with Gasteiger partial charge in [0.05, 0.1) is 17.2 Å². The van der Waals surface area contributed by atoms with Crippen LogP contribution in [0, 0.1) is 0 Å². The number of carbonyl (C=O) groups is 1. The molecular weight excluding hydrogens is 266 g/mol. The largest absolute Gasteiger partial charge is 0.492 e. The molecule has 106 valence electrons. The summed E-state index contributed by atoms with van der Waals surface area (Å²) in [5.74, 6) is 0.392. The number of benzene rings is 1. The third-order valence-electron chi connectivity index (χ3n) is 2.15. The molecule has 1 aromatic carbocycles. The van der Waals surface area contributed by atoms with E-state index in [0.717, 1.165) is 0 Å². The standard InChI is InChI=1S/C14H20ClNO3/c1-5-18-12-7-6-10(8-11(12)15)16-13(17)9-19-14(2,3)4/h6-8H,5,9H2,1-4H3,(H,16,17). The number of nitrogens with one attached hydrogen (secondary N) is 1. The molecule has 0 bridgehead atoms. The quantitative estimate of drug-likeness (QED) is 0.901. The van der Waals surface area contributed by atoms with Gasteiger partial charge in [-0.25, -0.2) is 0 Å². The maximum absolute atomic E-state index is 11.7. The van der Waals surface area contributed by atoms with Crippen LogP contribution < -0.4 is 10.1 Å². The third kappa shape index (κ3) is 5.94. The molecule has 0 atom stereocenters. The lowest BCUT2D eigenvalue weighted by Gasteiger charge is -2.19. The summed E-state index contributed by atoms with van der Waals surface area (Å²) in [5.41, 5.74) is 0.282. The van der Waals surface area contributed by atoms with Crippen LogP contribution in [0.3, 0.4) is 0 Å². The highest BCUT2D eigenvalue weighted by atomic mass is 35.5. The van der Waals surface area contributed by atoms with Crippen LogP contribution in [0.1, 0.15) is 27.7 Å². The molecule has 0 saturated carbocycles. The lowest BCUT2D eigenvalue weighted by molar-refractivity contribution is -0.125. The minimum absolute atomic E-state index is 0.00826. The predicted octanol–water partition coefficient (Wildman–Crippen LogP) is 3.49. The van der Waals surface area contributed by atoms with Gasteiger partial charge in [-0.05, 0) is 45.9 Å². The minimum atomic E-state index is -0.339. The van der Waals surface area contributed by atoms with Gasteiger partial charge in [-0.1, -0.05) is 11.6 Å². The molecule has 0 fully saturated rings. The SMILES string of the molecule is CCOc1ccc(NC(=O)COC(C)(C)C)cc1Cl. The normalized spacial score (nSPS) is 11.2. The van der Waals surface area contributed by atoms with E-state index in [1.165, 1.54) is 0 Å². The second kappa shape index (κ2) is 6.78. The van der Waals surface area contributed by atoms with E-state index in [1.54, 1.807) is 18.2 Å². The van der Waals surface area contributed by atoms with E-state index in [-0.39, 0.29) is 18.1 Å². The molecule has 1 amide bonds. The molecule has 5 heteroatoms. The number of carbonyl (C=O) groups excluding carboxylic acids is 1. The van der Waals surface area contributed by atoms with E-state index in [2.05, 4.69) is 5.32 Å². The topological polar surface area (TPSA) is 47.6 Å². The summed E-state index contributed by atoms with van der Waals surface area (Å²) in [7, 11) is 0. The molecule has 0 spiro atoms. The van der Waals surface area contributed by atoms with Crippen LogP contribution in [-0.2, 0) is 9.53 Å². The Hall–Kier alpha value is -1.26. The van der Waals surface area contributed by atoms with Crippen molar-refractivity contribution in [3.63, 3.8) is 0 Å². The van der Waals surface area contributed by atoms with Crippen molar-refractivity contribution in [1.29, 1.82) is 0 Å². The molecule has 0 saturated heterocycles. The van der Waals surface area contributed by atoms with Gasteiger partial charge in [0.25, 0.3) is 0 Å². The summed E-state index contributed by atoms with van der Waals surface area (Å²) >= 11 is 6.03. The highest BCUT2D eigenvalue weighted by molar-refractivity contribution is 6.32. The summed E-state index contributed by atoms with van der Waals surface area (Å²) in [6, 6.07) is 5.12. The molecule has 0 unspecified atom stereocenters. The lowest BCUT2D eigenvalue weighted by atomic mass is 10.2. The molecule has 1 aromatic rings. The Bertz CT molecular complexity index is 441. The van der Waals surface area contributed by atoms with Crippen LogP contribution >= 0.6 is 11.6 Å². The van der Waals surface area contributed by atoms with E-state index in [9.17, 15) is 4.79 Å². The molecule has 19 heavy (non-hydrogen) atoms. The number of halogens is 1. The van der Waals surface area contributed by atoms with Crippen LogP contribution in [0.15, 0.2) is 18.2 Å². The summed E-state index contributed by atoms with van der Waals surface area (Å²) in [5, 5.41) is 3.19. The molecule has 0 aliphatic rings. The molecule has 0 aromatic heterocycles. The molecule has 1 rings (SSSR count). The maximum Gasteiger partial charge on any atom is 0.250 e. The van der Waals surface area contributed by atoms with Crippen molar-refractivity contribution in [3.05, 3.63) is 23.2 Å². The van der Waals surface area contributed by atoms with Crippen LogP contribution in [0.5, 0.6) is 5.75 Å². The molecule has 0 radical (unpaired) electrons.